The zero-order chi connectivity index (χ0) is 13.1. The van der Waals surface area contributed by atoms with Gasteiger partial charge in [-0.1, -0.05) is 0 Å². The Balaban J connectivity index is 2.20. The van der Waals surface area contributed by atoms with Crippen molar-refractivity contribution in [2.75, 3.05) is 5.32 Å². The number of H-pyrrole nitrogens is 1. The number of aromatic amines is 1. The molecular formula is C10H7FN4O3. The summed E-state index contributed by atoms with van der Waals surface area (Å²) in [6.45, 7) is 0. The Morgan fingerprint density at radius 2 is 2.17 bits per heavy atom. The monoisotopic (exact) mass is 250 g/mol. The van der Waals surface area contributed by atoms with E-state index in [0.717, 1.165) is 12.1 Å². The van der Waals surface area contributed by atoms with Crippen molar-refractivity contribution in [1.82, 2.24) is 15.4 Å². The summed E-state index contributed by atoms with van der Waals surface area (Å²) in [7, 11) is 0. The lowest BCUT2D eigenvalue weighted by molar-refractivity contribution is 0.0696. The number of hydrogen-bond donors (Lipinski definition) is 3. The second kappa shape index (κ2) is 4.62. The summed E-state index contributed by atoms with van der Waals surface area (Å²) >= 11 is 0. The Kier molecular flexibility index (Phi) is 3.00. The number of carboxylic acids is 1. The van der Waals surface area contributed by atoms with Crippen LogP contribution in [0.5, 0.6) is 0 Å². The van der Waals surface area contributed by atoms with Gasteiger partial charge in [0.1, 0.15) is 5.82 Å². The fraction of sp³-hybridized carbons (Fsp3) is 0. The maximum Gasteiger partial charge on any atom is 0.335 e. The molecule has 0 spiro atoms. The second-order valence-electron chi connectivity index (χ2n) is 3.31. The lowest BCUT2D eigenvalue weighted by Crippen LogP contribution is -2.14. The van der Waals surface area contributed by atoms with Crippen molar-refractivity contribution >= 4 is 17.6 Å². The number of aromatic nitrogens is 3. The molecule has 7 nitrogen and oxygen atoms in total. The minimum Gasteiger partial charge on any atom is -0.478 e. The zero-order valence-electron chi connectivity index (χ0n) is 8.85. The van der Waals surface area contributed by atoms with Crippen molar-refractivity contribution in [2.24, 2.45) is 0 Å². The van der Waals surface area contributed by atoms with Gasteiger partial charge in [-0.05, 0) is 18.2 Å². The molecule has 0 atom stereocenters. The highest BCUT2D eigenvalue weighted by Gasteiger charge is 2.13. The van der Waals surface area contributed by atoms with Gasteiger partial charge >= 0.3 is 5.97 Å². The van der Waals surface area contributed by atoms with Crippen LogP contribution in [0.4, 0.5) is 10.1 Å². The first-order valence-electron chi connectivity index (χ1n) is 4.78. The van der Waals surface area contributed by atoms with Crippen molar-refractivity contribution in [2.45, 2.75) is 0 Å². The Hall–Kier alpha value is -2.77. The van der Waals surface area contributed by atoms with Crippen LogP contribution >= 0.6 is 0 Å². The number of nitrogens with zero attached hydrogens (tertiary/aromatic N) is 2. The number of nitrogens with one attached hydrogen (secondary N) is 2. The van der Waals surface area contributed by atoms with Crippen molar-refractivity contribution < 1.29 is 19.1 Å². The van der Waals surface area contributed by atoms with Gasteiger partial charge < -0.3 is 10.4 Å². The van der Waals surface area contributed by atoms with Gasteiger partial charge in [-0.2, -0.15) is 15.4 Å². The van der Waals surface area contributed by atoms with E-state index in [1.165, 1.54) is 12.3 Å². The molecule has 1 amide bonds. The van der Waals surface area contributed by atoms with E-state index in [1.807, 2.05) is 0 Å². The summed E-state index contributed by atoms with van der Waals surface area (Å²) in [5, 5.41) is 20.1. The van der Waals surface area contributed by atoms with Crippen LogP contribution < -0.4 is 5.32 Å². The average molecular weight is 250 g/mol. The van der Waals surface area contributed by atoms with E-state index >= 15 is 0 Å². The smallest absolute Gasteiger partial charge is 0.335 e. The number of anilines is 1. The number of carboxylic acid groups (broad SMARTS) is 1. The zero-order valence-corrected chi connectivity index (χ0v) is 8.85. The van der Waals surface area contributed by atoms with Crippen LogP contribution in [0, 0.1) is 5.82 Å². The number of aromatic carboxylic acids is 1. The Bertz CT molecular complexity index is 597. The number of carbonyl (C=O) groups excluding carboxylic acids is 1. The largest absolute Gasteiger partial charge is 0.478 e. The number of hydrogen-bond acceptors (Lipinski definition) is 4. The maximum absolute atomic E-state index is 13.5. The van der Waals surface area contributed by atoms with Gasteiger partial charge in [0.2, 0.25) is 0 Å². The van der Waals surface area contributed by atoms with Crippen molar-refractivity contribution in [3.63, 3.8) is 0 Å². The predicted molar refractivity (Wildman–Crippen MR) is 57.7 cm³/mol. The van der Waals surface area contributed by atoms with Crippen LogP contribution in [0.2, 0.25) is 0 Å². The maximum atomic E-state index is 13.5. The minimum absolute atomic E-state index is 0.00305. The first-order valence-corrected chi connectivity index (χ1v) is 4.78. The fourth-order valence-electron chi connectivity index (χ4n) is 1.25. The third-order valence-electron chi connectivity index (χ3n) is 2.11. The number of amides is 1. The number of carbonyl (C=O) groups is 2. The van der Waals surface area contributed by atoms with Crippen LogP contribution in [0.3, 0.4) is 0 Å². The highest BCUT2D eigenvalue weighted by atomic mass is 19.1. The topological polar surface area (TPSA) is 108 Å². The normalized spacial score (nSPS) is 10.1. The summed E-state index contributed by atoms with van der Waals surface area (Å²) in [6, 6.07) is 3.17. The Morgan fingerprint density at radius 1 is 1.39 bits per heavy atom. The molecule has 0 aliphatic carbocycles. The fourth-order valence-corrected chi connectivity index (χ4v) is 1.25. The quantitative estimate of drug-likeness (QED) is 0.749. The molecule has 1 aromatic carbocycles. The van der Waals surface area contributed by atoms with E-state index in [-0.39, 0.29) is 16.9 Å². The number of halogens is 1. The predicted octanol–water partition coefficient (Wildman–Crippen LogP) is 0.894. The van der Waals surface area contributed by atoms with Crippen molar-refractivity contribution in [3.05, 3.63) is 41.5 Å². The van der Waals surface area contributed by atoms with Gasteiger partial charge in [0.15, 0.2) is 5.69 Å². The van der Waals surface area contributed by atoms with Crippen molar-refractivity contribution in [3.8, 4) is 0 Å². The molecule has 2 rings (SSSR count). The average Bonchev–Trinajstić information content (AvgIpc) is 2.85. The molecule has 0 unspecified atom stereocenters. The van der Waals surface area contributed by atoms with E-state index in [2.05, 4.69) is 20.7 Å². The summed E-state index contributed by atoms with van der Waals surface area (Å²) in [5.74, 6) is -2.74. The molecule has 0 aliphatic rings. The standard InChI is InChI=1S/C10H7FN4O3/c11-6-3-5(10(17)18)1-2-7(6)13-9(16)8-4-12-15-14-8/h1-4H,(H,13,16)(H,17,18)(H,12,14,15). The molecule has 0 aliphatic heterocycles. The van der Waals surface area contributed by atoms with Crippen LogP contribution in [0.15, 0.2) is 24.4 Å². The van der Waals surface area contributed by atoms with Gasteiger partial charge in [0, 0.05) is 0 Å². The van der Waals surface area contributed by atoms with Crippen LogP contribution in [-0.2, 0) is 0 Å². The molecular weight excluding hydrogens is 243 g/mol. The van der Waals surface area contributed by atoms with Gasteiger partial charge in [-0.3, -0.25) is 4.79 Å². The number of benzene rings is 1. The van der Waals surface area contributed by atoms with Crippen LogP contribution in [0.1, 0.15) is 20.8 Å². The molecule has 18 heavy (non-hydrogen) atoms. The SMILES string of the molecule is O=C(O)c1ccc(NC(=O)c2cn[nH]n2)c(F)c1. The molecule has 8 heteroatoms. The van der Waals surface area contributed by atoms with E-state index in [9.17, 15) is 14.0 Å². The lowest BCUT2D eigenvalue weighted by Gasteiger charge is -2.05. The lowest BCUT2D eigenvalue weighted by atomic mass is 10.2. The Morgan fingerprint density at radius 3 is 2.72 bits per heavy atom. The molecule has 1 heterocycles. The molecule has 0 fully saturated rings. The molecule has 0 bridgehead atoms. The molecule has 3 N–H and O–H groups in total. The molecule has 0 saturated heterocycles. The van der Waals surface area contributed by atoms with Crippen molar-refractivity contribution in [1.29, 1.82) is 0 Å². The molecule has 0 radical (unpaired) electrons. The minimum atomic E-state index is -1.25. The van der Waals surface area contributed by atoms with Gasteiger partial charge in [-0.15, -0.1) is 0 Å². The molecule has 92 valence electrons. The van der Waals surface area contributed by atoms with E-state index in [0.29, 0.717) is 0 Å². The van der Waals surface area contributed by atoms with Crippen LogP contribution in [-0.4, -0.2) is 32.4 Å². The van der Waals surface area contributed by atoms with Crippen LogP contribution in [0.25, 0.3) is 0 Å². The van der Waals surface area contributed by atoms with Gasteiger partial charge in [0.25, 0.3) is 5.91 Å². The third kappa shape index (κ3) is 2.32. The number of rotatable bonds is 3. The highest BCUT2D eigenvalue weighted by Crippen LogP contribution is 2.16. The first-order chi connectivity index (χ1) is 8.58. The van der Waals surface area contributed by atoms with E-state index in [4.69, 9.17) is 5.11 Å². The Labute approximate surface area is 99.6 Å². The summed E-state index contributed by atoms with van der Waals surface area (Å²) in [4.78, 5) is 22.1. The third-order valence-corrected chi connectivity index (χ3v) is 2.11. The molecule has 2 aromatic rings. The van der Waals surface area contributed by atoms with E-state index < -0.39 is 17.7 Å². The van der Waals surface area contributed by atoms with Gasteiger partial charge in [0.05, 0.1) is 17.4 Å². The molecule has 1 aromatic heterocycles. The second-order valence-corrected chi connectivity index (χ2v) is 3.31. The van der Waals surface area contributed by atoms with Gasteiger partial charge in [-0.25, -0.2) is 9.18 Å². The first kappa shape index (κ1) is 11.7. The summed E-state index contributed by atoms with van der Waals surface area (Å²) in [6.07, 6.45) is 1.18. The summed E-state index contributed by atoms with van der Waals surface area (Å²) < 4.78 is 13.5. The highest BCUT2D eigenvalue weighted by molar-refractivity contribution is 6.02. The molecule has 0 saturated carbocycles. The van der Waals surface area contributed by atoms with E-state index in [1.54, 1.807) is 0 Å². The summed E-state index contributed by atoms with van der Waals surface area (Å²) in [5.41, 5.74) is -0.336.